The molecule has 0 bridgehead atoms. The van der Waals surface area contributed by atoms with Gasteiger partial charge in [-0.05, 0) is 37.7 Å². The minimum Gasteiger partial charge on any atom is -0.439 e. The summed E-state index contributed by atoms with van der Waals surface area (Å²) in [7, 11) is 0. The van der Waals surface area contributed by atoms with E-state index in [1.54, 1.807) is 19.1 Å². The number of ketones is 1. The van der Waals surface area contributed by atoms with E-state index < -0.39 is 5.82 Å². The third-order valence-corrected chi connectivity index (χ3v) is 3.05. The van der Waals surface area contributed by atoms with E-state index in [1.807, 2.05) is 0 Å². The zero-order chi connectivity index (χ0) is 12.4. The maximum Gasteiger partial charge on any atom is 0.260 e. The van der Waals surface area contributed by atoms with Gasteiger partial charge in [-0.3, -0.25) is 4.79 Å². The van der Waals surface area contributed by atoms with E-state index in [9.17, 15) is 9.18 Å². The first-order valence-electron chi connectivity index (χ1n) is 4.97. The van der Waals surface area contributed by atoms with Gasteiger partial charge < -0.3 is 4.42 Å². The summed E-state index contributed by atoms with van der Waals surface area (Å²) < 4.78 is 18.8. The zero-order valence-corrected chi connectivity index (χ0v) is 10.2. The van der Waals surface area contributed by atoms with Crippen molar-refractivity contribution in [2.24, 2.45) is 0 Å². The van der Waals surface area contributed by atoms with Crippen LogP contribution in [-0.2, 0) is 0 Å². The van der Waals surface area contributed by atoms with Gasteiger partial charge in [0.25, 0.3) is 5.22 Å². The predicted octanol–water partition coefficient (Wildman–Crippen LogP) is 3.48. The van der Waals surface area contributed by atoms with Gasteiger partial charge in [0.15, 0.2) is 5.78 Å². The SMILES string of the molecule is CC(=O)c1ccc(Sc2nc(C)co2)c(F)c1. The maximum atomic E-state index is 13.7. The van der Waals surface area contributed by atoms with Crippen molar-refractivity contribution in [3.8, 4) is 0 Å². The van der Waals surface area contributed by atoms with E-state index in [1.165, 1.54) is 19.3 Å². The molecule has 17 heavy (non-hydrogen) atoms. The Hall–Kier alpha value is -1.62. The Bertz CT molecular complexity index is 565. The first-order valence-corrected chi connectivity index (χ1v) is 5.78. The summed E-state index contributed by atoms with van der Waals surface area (Å²) in [4.78, 5) is 15.5. The molecule has 0 N–H and O–H groups in total. The number of aryl methyl sites for hydroxylation is 1. The van der Waals surface area contributed by atoms with Crippen LogP contribution in [0.3, 0.4) is 0 Å². The van der Waals surface area contributed by atoms with Crippen molar-refractivity contribution in [3.63, 3.8) is 0 Å². The molecule has 1 aromatic carbocycles. The van der Waals surface area contributed by atoms with Crippen LogP contribution >= 0.6 is 11.8 Å². The summed E-state index contributed by atoms with van der Waals surface area (Å²) in [5.41, 5.74) is 1.10. The van der Waals surface area contributed by atoms with Gasteiger partial charge in [0.05, 0.1) is 10.6 Å². The monoisotopic (exact) mass is 251 g/mol. The number of hydrogen-bond donors (Lipinski definition) is 0. The topological polar surface area (TPSA) is 43.1 Å². The highest BCUT2D eigenvalue weighted by Crippen LogP contribution is 2.29. The molecule has 1 aromatic heterocycles. The number of Topliss-reactive ketones (excluding diaryl/α,β-unsaturated/α-hetero) is 1. The second-order valence-corrected chi connectivity index (χ2v) is 4.55. The average molecular weight is 251 g/mol. The lowest BCUT2D eigenvalue weighted by atomic mass is 10.1. The Morgan fingerprint density at radius 2 is 2.24 bits per heavy atom. The quantitative estimate of drug-likeness (QED) is 0.783. The van der Waals surface area contributed by atoms with Gasteiger partial charge in [-0.15, -0.1) is 0 Å². The first kappa shape index (κ1) is 11.9. The Balaban J connectivity index is 2.25. The average Bonchev–Trinajstić information content (AvgIpc) is 2.67. The maximum absolute atomic E-state index is 13.7. The van der Waals surface area contributed by atoms with Gasteiger partial charge in [0, 0.05) is 5.56 Å². The number of aromatic nitrogens is 1. The van der Waals surface area contributed by atoms with Crippen LogP contribution in [0.25, 0.3) is 0 Å². The Morgan fingerprint density at radius 1 is 1.47 bits per heavy atom. The lowest BCUT2D eigenvalue weighted by molar-refractivity contribution is 0.101. The number of carbonyl (C=O) groups is 1. The normalized spacial score (nSPS) is 10.5. The molecule has 1 heterocycles. The molecule has 0 saturated heterocycles. The van der Waals surface area contributed by atoms with E-state index in [4.69, 9.17) is 4.42 Å². The number of rotatable bonds is 3. The molecule has 2 aromatic rings. The molecule has 88 valence electrons. The second-order valence-electron chi connectivity index (χ2n) is 3.56. The van der Waals surface area contributed by atoms with Gasteiger partial charge >= 0.3 is 0 Å². The van der Waals surface area contributed by atoms with Gasteiger partial charge in [0.2, 0.25) is 0 Å². The third-order valence-electron chi connectivity index (χ3n) is 2.13. The van der Waals surface area contributed by atoms with E-state index >= 15 is 0 Å². The molecule has 0 aliphatic heterocycles. The van der Waals surface area contributed by atoms with Crippen LogP contribution in [0.1, 0.15) is 23.0 Å². The molecule has 2 rings (SSSR count). The molecule has 0 amide bonds. The van der Waals surface area contributed by atoms with Crippen molar-refractivity contribution in [2.45, 2.75) is 24.0 Å². The Labute approximate surface area is 102 Å². The van der Waals surface area contributed by atoms with E-state index in [0.717, 1.165) is 17.5 Å². The van der Waals surface area contributed by atoms with Crippen LogP contribution in [0.2, 0.25) is 0 Å². The highest BCUT2D eigenvalue weighted by molar-refractivity contribution is 7.99. The van der Waals surface area contributed by atoms with E-state index in [2.05, 4.69) is 4.98 Å². The fourth-order valence-corrected chi connectivity index (χ4v) is 2.04. The number of carbonyl (C=O) groups excluding carboxylic acids is 1. The van der Waals surface area contributed by atoms with Crippen LogP contribution < -0.4 is 0 Å². The third kappa shape index (κ3) is 2.74. The van der Waals surface area contributed by atoms with Gasteiger partial charge in [-0.2, -0.15) is 0 Å². The molecule has 0 atom stereocenters. The molecule has 3 nitrogen and oxygen atoms in total. The summed E-state index contributed by atoms with van der Waals surface area (Å²) in [5.74, 6) is -0.606. The molecular formula is C12H10FNO2S. The van der Waals surface area contributed by atoms with Crippen molar-refractivity contribution in [3.05, 3.63) is 41.5 Å². The number of halogens is 1. The lowest BCUT2D eigenvalue weighted by Crippen LogP contribution is -1.93. The summed E-state index contributed by atoms with van der Waals surface area (Å²) in [6.07, 6.45) is 1.50. The fraction of sp³-hybridized carbons (Fsp3) is 0.167. The van der Waals surface area contributed by atoms with E-state index in [0.29, 0.717) is 15.7 Å². The summed E-state index contributed by atoms with van der Waals surface area (Å²) in [5, 5.41) is 0.386. The largest absolute Gasteiger partial charge is 0.439 e. The van der Waals surface area contributed by atoms with Crippen LogP contribution in [0, 0.1) is 12.7 Å². The summed E-state index contributed by atoms with van der Waals surface area (Å²) >= 11 is 1.09. The molecule has 5 heteroatoms. The number of hydrogen-bond acceptors (Lipinski definition) is 4. The molecule has 0 unspecified atom stereocenters. The van der Waals surface area contributed by atoms with Crippen molar-refractivity contribution < 1.29 is 13.6 Å². The first-order chi connectivity index (χ1) is 8.06. The lowest BCUT2D eigenvalue weighted by Gasteiger charge is -2.01. The standard InChI is InChI=1S/C12H10FNO2S/c1-7-6-16-12(14-7)17-11-4-3-9(8(2)15)5-10(11)13/h3-6H,1-2H3. The van der Waals surface area contributed by atoms with Gasteiger partial charge in [-0.25, -0.2) is 9.37 Å². The fourth-order valence-electron chi connectivity index (χ4n) is 1.28. The van der Waals surface area contributed by atoms with Crippen LogP contribution in [0.4, 0.5) is 4.39 Å². The van der Waals surface area contributed by atoms with Crippen LogP contribution in [0.5, 0.6) is 0 Å². The molecule has 0 aliphatic rings. The Kier molecular flexibility index (Phi) is 3.28. The highest BCUT2D eigenvalue weighted by Gasteiger charge is 2.10. The molecule has 0 saturated carbocycles. The summed E-state index contributed by atoms with van der Waals surface area (Å²) in [6, 6.07) is 4.36. The second kappa shape index (κ2) is 4.71. The van der Waals surface area contributed by atoms with Gasteiger partial charge in [0.1, 0.15) is 12.1 Å². The number of oxazole rings is 1. The van der Waals surface area contributed by atoms with Crippen molar-refractivity contribution in [1.29, 1.82) is 0 Å². The molecular weight excluding hydrogens is 241 g/mol. The minimum absolute atomic E-state index is 0.160. The van der Waals surface area contributed by atoms with Crippen LogP contribution in [0.15, 0.2) is 39.0 Å². The van der Waals surface area contributed by atoms with E-state index in [-0.39, 0.29) is 5.78 Å². The minimum atomic E-state index is -0.446. The molecule has 0 radical (unpaired) electrons. The number of nitrogens with zero attached hydrogens (tertiary/aromatic N) is 1. The number of benzene rings is 1. The Morgan fingerprint density at radius 3 is 2.76 bits per heavy atom. The highest BCUT2D eigenvalue weighted by atomic mass is 32.2. The van der Waals surface area contributed by atoms with Crippen molar-refractivity contribution in [2.75, 3.05) is 0 Å². The van der Waals surface area contributed by atoms with Crippen molar-refractivity contribution in [1.82, 2.24) is 4.98 Å². The van der Waals surface area contributed by atoms with Crippen molar-refractivity contribution >= 4 is 17.5 Å². The summed E-state index contributed by atoms with van der Waals surface area (Å²) in [6.45, 7) is 3.20. The molecule has 0 aliphatic carbocycles. The predicted molar refractivity (Wildman–Crippen MR) is 61.8 cm³/mol. The zero-order valence-electron chi connectivity index (χ0n) is 9.36. The van der Waals surface area contributed by atoms with Crippen LogP contribution in [-0.4, -0.2) is 10.8 Å². The van der Waals surface area contributed by atoms with Gasteiger partial charge in [-0.1, -0.05) is 6.07 Å². The smallest absolute Gasteiger partial charge is 0.260 e. The molecule has 0 fully saturated rings. The molecule has 0 spiro atoms.